The average Bonchev–Trinajstić information content (AvgIpc) is 3.53. The summed E-state index contributed by atoms with van der Waals surface area (Å²) in [5.41, 5.74) is 1.59. The number of hydrogen-bond acceptors (Lipinski definition) is 6. The first-order chi connectivity index (χ1) is 19.2. The van der Waals surface area contributed by atoms with Crippen molar-refractivity contribution in [1.82, 2.24) is 14.9 Å². The molecule has 2 fully saturated rings. The molecule has 0 saturated carbocycles. The lowest BCUT2D eigenvalue weighted by atomic mass is 9.75. The van der Waals surface area contributed by atoms with E-state index in [0.717, 1.165) is 5.56 Å². The van der Waals surface area contributed by atoms with Crippen molar-refractivity contribution in [1.29, 1.82) is 0 Å². The Balaban J connectivity index is 1.45. The third-order valence-electron chi connectivity index (χ3n) is 8.46. The predicted molar refractivity (Wildman–Crippen MR) is 150 cm³/mol. The van der Waals surface area contributed by atoms with Crippen molar-refractivity contribution < 1.29 is 14.4 Å². The molecule has 3 amide bonds. The number of rotatable bonds is 3. The first-order valence-electron chi connectivity index (χ1n) is 13.4. The Morgan fingerprint density at radius 1 is 0.950 bits per heavy atom. The zero-order chi connectivity index (χ0) is 27.9. The van der Waals surface area contributed by atoms with Crippen LogP contribution in [0.5, 0.6) is 0 Å². The number of fused-ring (bicyclic) bond motifs is 8. The minimum Gasteiger partial charge on any atom is -0.326 e. The van der Waals surface area contributed by atoms with Gasteiger partial charge in [0.15, 0.2) is 0 Å². The number of nitrogens with zero attached hydrogens (tertiary/aromatic N) is 3. The van der Waals surface area contributed by atoms with E-state index in [9.17, 15) is 19.2 Å². The van der Waals surface area contributed by atoms with Crippen LogP contribution in [0.4, 0.5) is 11.4 Å². The van der Waals surface area contributed by atoms with Crippen LogP contribution in [-0.4, -0.2) is 33.3 Å². The fraction of sp³-hybridized carbons (Fsp3) is 0.258. The topological polar surface area (TPSA) is 113 Å². The van der Waals surface area contributed by atoms with Crippen LogP contribution >= 0.6 is 0 Å². The normalized spacial score (nSPS) is 24.6. The van der Waals surface area contributed by atoms with Crippen molar-refractivity contribution in [2.75, 3.05) is 10.2 Å². The SMILES string of the molecule is CC(=O)Nc1ccc(N2C(=O)[C@@H]3[C@@H](C(C)C)N[C@@]4(c5ccccc5-n5c4nc4ccccc4c5=O)[C@H]3C2=O)cc1. The second-order valence-electron chi connectivity index (χ2n) is 11.1. The van der Waals surface area contributed by atoms with Crippen LogP contribution in [-0.2, 0) is 19.9 Å². The van der Waals surface area contributed by atoms with Crippen molar-refractivity contribution >= 4 is 40.0 Å². The zero-order valence-electron chi connectivity index (χ0n) is 22.2. The number of aromatic nitrogens is 2. The summed E-state index contributed by atoms with van der Waals surface area (Å²) in [6.07, 6.45) is 0. The zero-order valence-corrected chi connectivity index (χ0v) is 22.2. The highest BCUT2D eigenvalue weighted by atomic mass is 16.2. The van der Waals surface area contributed by atoms with E-state index in [1.165, 1.54) is 11.8 Å². The van der Waals surface area contributed by atoms with Gasteiger partial charge in [-0.2, -0.15) is 0 Å². The third-order valence-corrected chi connectivity index (χ3v) is 8.46. The molecule has 0 bridgehead atoms. The van der Waals surface area contributed by atoms with Crippen LogP contribution in [0.15, 0.2) is 77.6 Å². The van der Waals surface area contributed by atoms with Gasteiger partial charge in [-0.05, 0) is 48.4 Å². The van der Waals surface area contributed by atoms with Crippen LogP contribution in [0, 0.1) is 17.8 Å². The van der Waals surface area contributed by atoms with Gasteiger partial charge in [-0.3, -0.25) is 29.1 Å². The van der Waals surface area contributed by atoms with Gasteiger partial charge in [0.05, 0.1) is 34.1 Å². The maximum absolute atomic E-state index is 14.4. The molecule has 0 radical (unpaired) electrons. The predicted octanol–water partition coefficient (Wildman–Crippen LogP) is 3.33. The summed E-state index contributed by atoms with van der Waals surface area (Å²) >= 11 is 0. The summed E-state index contributed by atoms with van der Waals surface area (Å²) in [6, 6.07) is 21.1. The molecular weight excluding hydrogens is 506 g/mol. The van der Waals surface area contributed by atoms with E-state index >= 15 is 0 Å². The molecule has 4 atom stereocenters. The van der Waals surface area contributed by atoms with E-state index < -0.39 is 17.4 Å². The molecule has 3 aromatic carbocycles. The van der Waals surface area contributed by atoms with Crippen molar-refractivity contribution in [3.63, 3.8) is 0 Å². The lowest BCUT2D eigenvalue weighted by Gasteiger charge is -2.32. The van der Waals surface area contributed by atoms with E-state index in [-0.39, 0.29) is 35.2 Å². The number of anilines is 2. The average molecular weight is 534 g/mol. The minimum absolute atomic E-state index is 0.0131. The Morgan fingerprint density at radius 2 is 1.65 bits per heavy atom. The van der Waals surface area contributed by atoms with Gasteiger partial charge in [0.1, 0.15) is 11.4 Å². The number of benzene rings is 3. The summed E-state index contributed by atoms with van der Waals surface area (Å²) < 4.78 is 1.60. The molecule has 1 aromatic heterocycles. The van der Waals surface area contributed by atoms with E-state index in [4.69, 9.17) is 4.98 Å². The molecule has 9 nitrogen and oxygen atoms in total. The molecule has 0 unspecified atom stereocenters. The lowest BCUT2D eigenvalue weighted by Crippen LogP contribution is -2.51. The fourth-order valence-electron chi connectivity index (χ4n) is 6.88. The number of carbonyl (C=O) groups is 3. The highest BCUT2D eigenvalue weighted by molar-refractivity contribution is 6.23. The standard InChI is InChI=1S/C31H27N5O4/c1-16(2)26-24-25(29(40)35(28(24)39)19-14-12-18(13-15-19)32-17(3)37)31(34-26)21-9-5-7-11-23(21)36-27(38)20-8-4-6-10-22(20)33-30(31)36/h4-16,24-26,34H,1-3H3,(H,32,37)/t24-,25+,26+,31-/m0/s1. The summed E-state index contributed by atoms with van der Waals surface area (Å²) in [7, 11) is 0. The van der Waals surface area contributed by atoms with E-state index in [0.29, 0.717) is 33.8 Å². The van der Waals surface area contributed by atoms with Crippen LogP contribution in [0.25, 0.3) is 16.6 Å². The van der Waals surface area contributed by atoms with E-state index in [1.807, 2.05) is 50.2 Å². The Labute approximate surface area is 229 Å². The molecule has 9 heteroatoms. The molecule has 0 aliphatic carbocycles. The first-order valence-corrected chi connectivity index (χ1v) is 13.4. The van der Waals surface area contributed by atoms with Crippen molar-refractivity contribution in [2.24, 2.45) is 17.8 Å². The second kappa shape index (κ2) is 8.43. The molecule has 4 aromatic rings. The monoisotopic (exact) mass is 533 g/mol. The van der Waals surface area contributed by atoms with Crippen molar-refractivity contribution in [3.8, 4) is 5.69 Å². The number of imide groups is 1. The highest BCUT2D eigenvalue weighted by Gasteiger charge is 2.70. The first kappa shape index (κ1) is 24.4. The Hall–Kier alpha value is -4.63. The molecule has 7 rings (SSSR count). The Morgan fingerprint density at radius 3 is 2.38 bits per heavy atom. The van der Waals surface area contributed by atoms with Gasteiger partial charge >= 0.3 is 0 Å². The van der Waals surface area contributed by atoms with E-state index in [2.05, 4.69) is 10.6 Å². The maximum Gasteiger partial charge on any atom is 0.266 e. The van der Waals surface area contributed by atoms with Gasteiger partial charge in [0, 0.05) is 24.2 Å². The molecule has 3 aliphatic rings. The number of carbonyl (C=O) groups excluding carboxylic acids is 3. The number of hydrogen-bond donors (Lipinski definition) is 2. The van der Waals surface area contributed by atoms with Gasteiger partial charge in [-0.25, -0.2) is 9.88 Å². The van der Waals surface area contributed by atoms with E-state index in [1.54, 1.807) is 41.0 Å². The molecule has 40 heavy (non-hydrogen) atoms. The van der Waals surface area contributed by atoms with Crippen molar-refractivity contribution in [3.05, 3.63) is 94.5 Å². The molecule has 3 aliphatic heterocycles. The number of para-hydroxylation sites is 2. The fourth-order valence-corrected chi connectivity index (χ4v) is 6.88. The largest absolute Gasteiger partial charge is 0.326 e. The quantitative estimate of drug-likeness (QED) is 0.391. The van der Waals surface area contributed by atoms with Crippen LogP contribution in [0.2, 0.25) is 0 Å². The molecule has 2 N–H and O–H groups in total. The van der Waals surface area contributed by atoms with Crippen molar-refractivity contribution in [2.45, 2.75) is 32.4 Å². The van der Waals surface area contributed by atoms with Gasteiger partial charge in [0.2, 0.25) is 17.7 Å². The summed E-state index contributed by atoms with van der Waals surface area (Å²) in [5, 5.41) is 6.90. The van der Waals surface area contributed by atoms with Gasteiger partial charge in [-0.1, -0.05) is 44.2 Å². The molecule has 1 spiro atoms. The van der Waals surface area contributed by atoms with Gasteiger partial charge in [0.25, 0.3) is 5.56 Å². The molecule has 2 saturated heterocycles. The third kappa shape index (κ3) is 3.09. The summed E-state index contributed by atoms with van der Waals surface area (Å²) in [4.78, 5) is 60.2. The molecule has 200 valence electrons. The number of amides is 3. The molecule has 4 heterocycles. The lowest BCUT2D eigenvalue weighted by molar-refractivity contribution is -0.123. The number of nitrogens with one attached hydrogen (secondary N) is 2. The summed E-state index contributed by atoms with van der Waals surface area (Å²) in [5.74, 6) is -1.88. The summed E-state index contributed by atoms with van der Waals surface area (Å²) in [6.45, 7) is 5.47. The highest BCUT2D eigenvalue weighted by Crippen LogP contribution is 2.56. The van der Waals surface area contributed by atoms with Crippen LogP contribution in [0.1, 0.15) is 32.2 Å². The van der Waals surface area contributed by atoms with Crippen LogP contribution in [0.3, 0.4) is 0 Å². The maximum atomic E-state index is 14.4. The van der Waals surface area contributed by atoms with Gasteiger partial charge < -0.3 is 5.32 Å². The van der Waals surface area contributed by atoms with Gasteiger partial charge in [-0.15, -0.1) is 0 Å². The Kier molecular flexibility index (Phi) is 5.15. The molecular formula is C31H27N5O4. The Bertz CT molecular complexity index is 1810. The minimum atomic E-state index is -1.17. The second-order valence-corrected chi connectivity index (χ2v) is 11.1. The van der Waals surface area contributed by atoms with Crippen LogP contribution < -0.4 is 21.1 Å². The smallest absolute Gasteiger partial charge is 0.266 e.